The Balaban J connectivity index is 1.82. The topological polar surface area (TPSA) is 21.6 Å². The SMILES string of the molecule is COc1ccc(C2=C3Sc4ccccc4C3N=C2C)cc1. The van der Waals surface area contributed by atoms with Gasteiger partial charge in [0, 0.05) is 21.1 Å². The van der Waals surface area contributed by atoms with Gasteiger partial charge in [-0.3, -0.25) is 4.99 Å². The number of thioether (sulfide) groups is 1. The van der Waals surface area contributed by atoms with Crippen molar-refractivity contribution in [3.8, 4) is 5.75 Å². The van der Waals surface area contributed by atoms with E-state index in [9.17, 15) is 0 Å². The number of hydrogen-bond donors (Lipinski definition) is 0. The molecule has 1 atom stereocenters. The second kappa shape index (κ2) is 4.78. The van der Waals surface area contributed by atoms with Crippen LogP contribution in [0.2, 0.25) is 0 Å². The van der Waals surface area contributed by atoms with Crippen LogP contribution in [-0.2, 0) is 0 Å². The van der Waals surface area contributed by atoms with Crippen molar-refractivity contribution >= 4 is 23.0 Å². The van der Waals surface area contributed by atoms with E-state index in [1.165, 1.54) is 26.5 Å². The van der Waals surface area contributed by atoms with Crippen LogP contribution in [0.3, 0.4) is 0 Å². The normalized spacial score (nSPS) is 19.3. The molecule has 21 heavy (non-hydrogen) atoms. The fourth-order valence-electron chi connectivity index (χ4n) is 2.98. The Morgan fingerprint density at radius 3 is 2.57 bits per heavy atom. The number of ether oxygens (including phenoxy) is 1. The van der Waals surface area contributed by atoms with Gasteiger partial charge in [-0.25, -0.2) is 0 Å². The highest BCUT2D eigenvalue weighted by molar-refractivity contribution is 8.03. The van der Waals surface area contributed by atoms with Crippen LogP contribution in [0.5, 0.6) is 5.75 Å². The molecule has 4 rings (SSSR count). The van der Waals surface area contributed by atoms with Gasteiger partial charge in [0.15, 0.2) is 0 Å². The molecule has 0 spiro atoms. The molecule has 0 aliphatic carbocycles. The van der Waals surface area contributed by atoms with E-state index >= 15 is 0 Å². The first-order valence-electron chi connectivity index (χ1n) is 6.98. The molecule has 104 valence electrons. The van der Waals surface area contributed by atoms with Gasteiger partial charge in [-0.15, -0.1) is 0 Å². The summed E-state index contributed by atoms with van der Waals surface area (Å²) in [6, 6.07) is 17.0. The predicted octanol–water partition coefficient (Wildman–Crippen LogP) is 4.73. The zero-order chi connectivity index (χ0) is 14.4. The minimum Gasteiger partial charge on any atom is -0.497 e. The van der Waals surface area contributed by atoms with E-state index in [1.807, 2.05) is 23.9 Å². The van der Waals surface area contributed by atoms with Gasteiger partial charge in [0.05, 0.1) is 7.11 Å². The van der Waals surface area contributed by atoms with Gasteiger partial charge < -0.3 is 4.74 Å². The molecular weight excluding hydrogens is 278 g/mol. The first-order valence-corrected chi connectivity index (χ1v) is 7.79. The van der Waals surface area contributed by atoms with Gasteiger partial charge in [0.2, 0.25) is 0 Å². The maximum absolute atomic E-state index is 5.24. The van der Waals surface area contributed by atoms with E-state index in [-0.39, 0.29) is 6.04 Å². The molecule has 0 amide bonds. The Morgan fingerprint density at radius 1 is 1.05 bits per heavy atom. The summed E-state index contributed by atoms with van der Waals surface area (Å²) >= 11 is 1.86. The second-order valence-corrected chi connectivity index (χ2v) is 6.31. The van der Waals surface area contributed by atoms with Gasteiger partial charge in [-0.1, -0.05) is 42.1 Å². The highest BCUT2D eigenvalue weighted by Crippen LogP contribution is 2.55. The van der Waals surface area contributed by atoms with Crippen LogP contribution in [0.25, 0.3) is 5.57 Å². The molecular formula is C18H15NOS. The number of fused-ring (bicyclic) bond motifs is 3. The van der Waals surface area contributed by atoms with Crippen LogP contribution < -0.4 is 4.74 Å². The molecule has 2 heterocycles. The summed E-state index contributed by atoms with van der Waals surface area (Å²) < 4.78 is 5.24. The van der Waals surface area contributed by atoms with E-state index in [2.05, 4.69) is 43.3 Å². The van der Waals surface area contributed by atoms with Gasteiger partial charge in [0.1, 0.15) is 11.8 Å². The molecule has 0 bridgehead atoms. The lowest BCUT2D eigenvalue weighted by molar-refractivity contribution is 0.415. The molecule has 2 nitrogen and oxygen atoms in total. The van der Waals surface area contributed by atoms with E-state index in [0.717, 1.165) is 11.5 Å². The van der Waals surface area contributed by atoms with Crippen molar-refractivity contribution in [1.29, 1.82) is 0 Å². The van der Waals surface area contributed by atoms with E-state index < -0.39 is 0 Å². The Labute approximate surface area is 128 Å². The number of benzene rings is 2. The lowest BCUT2D eigenvalue weighted by Gasteiger charge is -2.07. The molecule has 0 fully saturated rings. The number of nitrogens with zero attached hydrogens (tertiary/aromatic N) is 1. The number of allylic oxidation sites excluding steroid dienone is 1. The fraction of sp³-hybridized carbons (Fsp3) is 0.167. The number of aliphatic imine (C=N–C) groups is 1. The molecule has 2 aromatic carbocycles. The molecule has 3 heteroatoms. The predicted molar refractivity (Wildman–Crippen MR) is 88.1 cm³/mol. The van der Waals surface area contributed by atoms with Crippen LogP contribution in [0.4, 0.5) is 0 Å². The summed E-state index contributed by atoms with van der Waals surface area (Å²) in [5, 5.41) is 0. The van der Waals surface area contributed by atoms with Crippen molar-refractivity contribution in [3.05, 3.63) is 64.6 Å². The van der Waals surface area contributed by atoms with Crippen LogP contribution in [0, 0.1) is 0 Å². The standard InChI is InChI=1S/C18H15NOS/c1-11-16(12-7-9-13(20-2)10-8-12)18-17(19-11)14-5-3-4-6-15(14)21-18/h3-10,17H,1-2H3. The third-order valence-electron chi connectivity index (χ3n) is 3.99. The summed E-state index contributed by atoms with van der Waals surface area (Å²) in [6.45, 7) is 2.11. The molecule has 0 N–H and O–H groups in total. The largest absolute Gasteiger partial charge is 0.497 e. The third kappa shape index (κ3) is 1.92. The summed E-state index contributed by atoms with van der Waals surface area (Å²) in [4.78, 5) is 7.58. The first-order chi connectivity index (χ1) is 10.3. The van der Waals surface area contributed by atoms with Gasteiger partial charge in [0.25, 0.3) is 0 Å². The van der Waals surface area contributed by atoms with E-state index in [0.29, 0.717) is 0 Å². The zero-order valence-corrected chi connectivity index (χ0v) is 12.8. The average Bonchev–Trinajstić information content (AvgIpc) is 3.02. The number of hydrogen-bond acceptors (Lipinski definition) is 3. The average molecular weight is 293 g/mol. The van der Waals surface area contributed by atoms with Crippen LogP contribution in [-0.4, -0.2) is 12.8 Å². The summed E-state index contributed by atoms with van der Waals surface area (Å²) in [5.74, 6) is 0.885. The third-order valence-corrected chi connectivity index (χ3v) is 5.23. The summed E-state index contributed by atoms with van der Waals surface area (Å²) in [5.41, 5.74) is 4.96. The quantitative estimate of drug-likeness (QED) is 0.798. The lowest BCUT2D eigenvalue weighted by Crippen LogP contribution is -1.94. The Hall–Kier alpha value is -2.00. The van der Waals surface area contributed by atoms with Crippen LogP contribution in [0.15, 0.2) is 63.3 Å². The van der Waals surface area contributed by atoms with Crippen LogP contribution >= 0.6 is 11.8 Å². The van der Waals surface area contributed by atoms with Crippen molar-refractivity contribution in [2.45, 2.75) is 17.9 Å². The van der Waals surface area contributed by atoms with Crippen molar-refractivity contribution in [1.82, 2.24) is 0 Å². The Kier molecular flexibility index (Phi) is 2.89. The van der Waals surface area contributed by atoms with Crippen molar-refractivity contribution < 1.29 is 4.74 Å². The highest BCUT2D eigenvalue weighted by Gasteiger charge is 2.35. The van der Waals surface area contributed by atoms with Gasteiger partial charge in [-0.05, 0) is 36.2 Å². The number of methoxy groups -OCH3 is 1. The minimum atomic E-state index is 0.198. The monoisotopic (exact) mass is 293 g/mol. The molecule has 2 aliphatic heterocycles. The molecule has 2 aromatic rings. The van der Waals surface area contributed by atoms with Crippen molar-refractivity contribution in [3.63, 3.8) is 0 Å². The molecule has 0 saturated heterocycles. The highest BCUT2D eigenvalue weighted by atomic mass is 32.2. The summed E-state index contributed by atoms with van der Waals surface area (Å²) in [6.07, 6.45) is 0. The molecule has 0 aromatic heterocycles. The van der Waals surface area contributed by atoms with Crippen LogP contribution in [0.1, 0.15) is 24.1 Å². The fourth-order valence-corrected chi connectivity index (χ4v) is 4.32. The molecule has 1 unspecified atom stereocenters. The molecule has 0 saturated carbocycles. The number of rotatable bonds is 2. The first kappa shape index (κ1) is 12.7. The second-order valence-electron chi connectivity index (χ2n) is 5.22. The van der Waals surface area contributed by atoms with Gasteiger partial charge in [-0.2, -0.15) is 0 Å². The maximum Gasteiger partial charge on any atom is 0.118 e. The van der Waals surface area contributed by atoms with E-state index in [1.54, 1.807) is 7.11 Å². The zero-order valence-electron chi connectivity index (χ0n) is 12.0. The maximum atomic E-state index is 5.24. The van der Waals surface area contributed by atoms with Crippen molar-refractivity contribution in [2.75, 3.05) is 7.11 Å². The Morgan fingerprint density at radius 2 is 1.81 bits per heavy atom. The van der Waals surface area contributed by atoms with Crippen molar-refractivity contribution in [2.24, 2.45) is 4.99 Å². The molecule has 2 aliphatic rings. The minimum absolute atomic E-state index is 0.198. The van der Waals surface area contributed by atoms with E-state index in [4.69, 9.17) is 9.73 Å². The Bertz CT molecular complexity index is 774. The smallest absolute Gasteiger partial charge is 0.118 e. The van der Waals surface area contributed by atoms with Gasteiger partial charge >= 0.3 is 0 Å². The lowest BCUT2D eigenvalue weighted by atomic mass is 10.0. The summed E-state index contributed by atoms with van der Waals surface area (Å²) in [7, 11) is 1.69. The molecule has 0 radical (unpaired) electrons.